The van der Waals surface area contributed by atoms with Crippen molar-refractivity contribution in [3.05, 3.63) is 11.1 Å². The number of hydrogen-bond acceptors (Lipinski definition) is 6. The summed E-state index contributed by atoms with van der Waals surface area (Å²) in [5, 5.41) is 3.88. The maximum absolute atomic E-state index is 11.3. The first-order chi connectivity index (χ1) is 9.72. The van der Waals surface area contributed by atoms with Crippen LogP contribution in [0.2, 0.25) is 0 Å². The molecule has 0 saturated carbocycles. The third-order valence-corrected chi connectivity index (χ3v) is 5.62. The van der Waals surface area contributed by atoms with Crippen LogP contribution in [0.25, 0.3) is 0 Å². The average Bonchev–Trinajstić information content (AvgIpc) is 2.94. The van der Waals surface area contributed by atoms with E-state index >= 15 is 0 Å². The Morgan fingerprint density at radius 3 is 3.15 bits per heavy atom. The Bertz CT molecular complexity index is 437. The van der Waals surface area contributed by atoms with Gasteiger partial charge in [0, 0.05) is 35.9 Å². The molecule has 1 aliphatic heterocycles. The van der Waals surface area contributed by atoms with E-state index in [-0.39, 0.29) is 5.97 Å². The standard InChI is InChI=1S/C14H22N2O2S2/c1-3-12-9-16(7-8-19-12)14-15-11(10-20-14)5-6-13(17)18-4-2/h10,12H,3-9H2,1-2H3. The normalized spacial score (nSPS) is 19.1. The fraction of sp³-hybridized carbons (Fsp3) is 0.714. The topological polar surface area (TPSA) is 42.4 Å². The maximum atomic E-state index is 11.3. The number of ether oxygens (including phenoxy) is 1. The summed E-state index contributed by atoms with van der Waals surface area (Å²) in [7, 11) is 0. The molecule has 2 heterocycles. The summed E-state index contributed by atoms with van der Waals surface area (Å²) in [4.78, 5) is 18.4. The maximum Gasteiger partial charge on any atom is 0.306 e. The second-order valence-electron chi connectivity index (χ2n) is 4.77. The summed E-state index contributed by atoms with van der Waals surface area (Å²) in [6.45, 7) is 6.69. The zero-order valence-corrected chi connectivity index (χ0v) is 13.8. The molecule has 1 fully saturated rings. The Hall–Kier alpha value is -0.750. The van der Waals surface area contributed by atoms with E-state index in [1.54, 1.807) is 11.3 Å². The van der Waals surface area contributed by atoms with Crippen LogP contribution in [0.15, 0.2) is 5.38 Å². The number of carbonyl (C=O) groups excluding carboxylic acids is 1. The van der Waals surface area contributed by atoms with Gasteiger partial charge in [-0.2, -0.15) is 11.8 Å². The van der Waals surface area contributed by atoms with Crippen molar-refractivity contribution >= 4 is 34.2 Å². The van der Waals surface area contributed by atoms with Crippen molar-refractivity contribution in [2.45, 2.75) is 38.4 Å². The van der Waals surface area contributed by atoms with Crippen LogP contribution in [-0.4, -0.2) is 41.7 Å². The molecule has 0 bridgehead atoms. The SMILES string of the molecule is CCOC(=O)CCc1csc(N2CCSC(CC)C2)n1. The number of hydrogen-bond donors (Lipinski definition) is 0. The van der Waals surface area contributed by atoms with Gasteiger partial charge < -0.3 is 9.64 Å². The van der Waals surface area contributed by atoms with Gasteiger partial charge in [0.1, 0.15) is 0 Å². The lowest BCUT2D eigenvalue weighted by Crippen LogP contribution is -2.37. The van der Waals surface area contributed by atoms with Crippen LogP contribution in [0, 0.1) is 0 Å². The van der Waals surface area contributed by atoms with Crippen molar-refractivity contribution in [3.8, 4) is 0 Å². The van der Waals surface area contributed by atoms with Gasteiger partial charge in [0.05, 0.1) is 18.7 Å². The Kier molecular flexibility index (Phi) is 6.16. The molecule has 0 N–H and O–H groups in total. The molecule has 1 aliphatic rings. The van der Waals surface area contributed by atoms with Crippen molar-refractivity contribution in [2.24, 2.45) is 0 Å². The third-order valence-electron chi connectivity index (χ3n) is 3.29. The van der Waals surface area contributed by atoms with Crippen molar-refractivity contribution in [2.75, 3.05) is 30.3 Å². The number of esters is 1. The summed E-state index contributed by atoms with van der Waals surface area (Å²) in [6.07, 6.45) is 2.31. The van der Waals surface area contributed by atoms with E-state index in [0.29, 0.717) is 19.4 Å². The number of anilines is 1. The van der Waals surface area contributed by atoms with Gasteiger partial charge in [-0.15, -0.1) is 11.3 Å². The molecule has 2 rings (SSSR count). The second-order valence-corrected chi connectivity index (χ2v) is 7.02. The Balaban J connectivity index is 1.86. The van der Waals surface area contributed by atoms with Gasteiger partial charge in [-0.25, -0.2) is 4.98 Å². The van der Waals surface area contributed by atoms with Crippen LogP contribution >= 0.6 is 23.1 Å². The van der Waals surface area contributed by atoms with Crippen molar-refractivity contribution in [1.82, 2.24) is 4.98 Å². The molecule has 1 aromatic heterocycles. The number of aromatic nitrogens is 1. The molecule has 1 saturated heterocycles. The highest BCUT2D eigenvalue weighted by Gasteiger charge is 2.21. The van der Waals surface area contributed by atoms with Gasteiger partial charge in [0.15, 0.2) is 5.13 Å². The molecular weight excluding hydrogens is 292 g/mol. The number of nitrogens with zero attached hydrogens (tertiary/aromatic N) is 2. The van der Waals surface area contributed by atoms with Crippen LogP contribution < -0.4 is 4.90 Å². The molecule has 1 atom stereocenters. The number of thiazole rings is 1. The highest BCUT2D eigenvalue weighted by Crippen LogP contribution is 2.28. The molecule has 0 aromatic carbocycles. The minimum absolute atomic E-state index is 0.137. The minimum atomic E-state index is -0.137. The van der Waals surface area contributed by atoms with Gasteiger partial charge >= 0.3 is 5.97 Å². The molecular formula is C14H22N2O2S2. The van der Waals surface area contributed by atoms with E-state index in [0.717, 1.165) is 29.2 Å². The fourth-order valence-corrected chi connectivity index (χ4v) is 4.24. The minimum Gasteiger partial charge on any atom is -0.466 e. The first-order valence-electron chi connectivity index (χ1n) is 7.19. The average molecular weight is 314 g/mol. The van der Waals surface area contributed by atoms with E-state index in [9.17, 15) is 4.79 Å². The van der Waals surface area contributed by atoms with Gasteiger partial charge in [0.25, 0.3) is 0 Å². The van der Waals surface area contributed by atoms with Crippen LogP contribution in [0.3, 0.4) is 0 Å². The quantitative estimate of drug-likeness (QED) is 0.755. The molecule has 0 spiro atoms. The largest absolute Gasteiger partial charge is 0.466 e. The number of thioether (sulfide) groups is 1. The molecule has 6 heteroatoms. The smallest absolute Gasteiger partial charge is 0.306 e. The molecule has 4 nitrogen and oxygen atoms in total. The summed E-state index contributed by atoms with van der Waals surface area (Å²) in [6, 6.07) is 0. The first-order valence-corrected chi connectivity index (χ1v) is 9.12. The number of aryl methyl sites for hydroxylation is 1. The van der Waals surface area contributed by atoms with E-state index in [1.165, 1.54) is 12.2 Å². The van der Waals surface area contributed by atoms with Gasteiger partial charge in [-0.05, 0) is 13.3 Å². The third kappa shape index (κ3) is 4.38. The monoisotopic (exact) mass is 314 g/mol. The molecule has 0 radical (unpaired) electrons. The summed E-state index contributed by atoms with van der Waals surface area (Å²) in [5.41, 5.74) is 1.00. The van der Waals surface area contributed by atoms with E-state index in [2.05, 4.69) is 33.9 Å². The Labute approximate surface area is 128 Å². The molecule has 1 unspecified atom stereocenters. The highest BCUT2D eigenvalue weighted by molar-refractivity contribution is 8.00. The Morgan fingerprint density at radius 2 is 2.40 bits per heavy atom. The van der Waals surface area contributed by atoms with Crippen molar-refractivity contribution in [3.63, 3.8) is 0 Å². The molecule has 0 amide bonds. The van der Waals surface area contributed by atoms with Crippen LogP contribution in [0.5, 0.6) is 0 Å². The molecule has 1 aromatic rings. The van der Waals surface area contributed by atoms with E-state index in [1.807, 2.05) is 6.92 Å². The summed E-state index contributed by atoms with van der Waals surface area (Å²) in [5.74, 6) is 1.04. The molecule has 20 heavy (non-hydrogen) atoms. The lowest BCUT2D eigenvalue weighted by Gasteiger charge is -2.31. The number of rotatable bonds is 6. The predicted octanol–water partition coefficient (Wildman–Crippen LogP) is 2.97. The van der Waals surface area contributed by atoms with Gasteiger partial charge in [-0.1, -0.05) is 6.92 Å². The van der Waals surface area contributed by atoms with Gasteiger partial charge in [-0.3, -0.25) is 4.79 Å². The van der Waals surface area contributed by atoms with Gasteiger partial charge in [0.2, 0.25) is 0 Å². The van der Waals surface area contributed by atoms with Crippen molar-refractivity contribution in [1.29, 1.82) is 0 Å². The summed E-state index contributed by atoms with van der Waals surface area (Å²) >= 11 is 3.75. The van der Waals surface area contributed by atoms with E-state index in [4.69, 9.17) is 4.74 Å². The Morgan fingerprint density at radius 1 is 1.55 bits per heavy atom. The zero-order chi connectivity index (χ0) is 14.4. The van der Waals surface area contributed by atoms with Crippen LogP contribution in [0.1, 0.15) is 32.4 Å². The van der Waals surface area contributed by atoms with Crippen molar-refractivity contribution < 1.29 is 9.53 Å². The molecule has 0 aliphatic carbocycles. The predicted molar refractivity (Wildman–Crippen MR) is 85.8 cm³/mol. The summed E-state index contributed by atoms with van der Waals surface area (Å²) < 4.78 is 4.94. The van der Waals surface area contributed by atoms with E-state index < -0.39 is 0 Å². The second kappa shape index (κ2) is 7.88. The molecule has 112 valence electrons. The lowest BCUT2D eigenvalue weighted by molar-refractivity contribution is -0.143. The lowest BCUT2D eigenvalue weighted by atomic mass is 10.2. The highest BCUT2D eigenvalue weighted by atomic mass is 32.2. The zero-order valence-electron chi connectivity index (χ0n) is 12.1. The fourth-order valence-electron chi connectivity index (χ4n) is 2.16. The number of carbonyl (C=O) groups is 1. The van der Waals surface area contributed by atoms with Crippen LogP contribution in [0.4, 0.5) is 5.13 Å². The van der Waals surface area contributed by atoms with Crippen LogP contribution in [-0.2, 0) is 16.0 Å². The first kappa shape index (κ1) is 15.6.